The number of ether oxygens (including phenoxy) is 1. The zero-order valence-corrected chi connectivity index (χ0v) is 12.4. The van der Waals surface area contributed by atoms with Crippen molar-refractivity contribution in [3.8, 4) is 11.5 Å². The standard InChI is InChI=1S/C14H11Cl2NOS/c1-8-4-2-5-9(14(17)19)13(8)18-11-7-3-6-10(15)12(11)16/h2-7H,1H3,(H2,17,19). The van der Waals surface area contributed by atoms with Gasteiger partial charge in [-0.25, -0.2) is 0 Å². The fraction of sp³-hybridized carbons (Fsp3) is 0.0714. The molecule has 0 aliphatic rings. The Bertz CT molecular complexity index is 643. The lowest BCUT2D eigenvalue weighted by atomic mass is 10.1. The van der Waals surface area contributed by atoms with Crippen LogP contribution in [0.2, 0.25) is 10.0 Å². The topological polar surface area (TPSA) is 35.2 Å². The van der Waals surface area contributed by atoms with Gasteiger partial charge in [-0.05, 0) is 30.7 Å². The molecule has 0 aliphatic heterocycles. The van der Waals surface area contributed by atoms with Crippen molar-refractivity contribution in [3.63, 3.8) is 0 Å². The van der Waals surface area contributed by atoms with E-state index in [-0.39, 0.29) is 4.99 Å². The number of hydrogen-bond acceptors (Lipinski definition) is 2. The van der Waals surface area contributed by atoms with Gasteiger partial charge in [-0.3, -0.25) is 0 Å². The first-order chi connectivity index (χ1) is 9.00. The summed E-state index contributed by atoms with van der Waals surface area (Å²) in [5.41, 5.74) is 7.29. The van der Waals surface area contributed by atoms with E-state index in [4.69, 9.17) is 45.9 Å². The van der Waals surface area contributed by atoms with E-state index in [2.05, 4.69) is 0 Å². The van der Waals surface area contributed by atoms with Crippen molar-refractivity contribution in [2.75, 3.05) is 0 Å². The van der Waals surface area contributed by atoms with Gasteiger partial charge in [0, 0.05) is 0 Å². The Labute approximate surface area is 127 Å². The van der Waals surface area contributed by atoms with Gasteiger partial charge in [-0.15, -0.1) is 0 Å². The van der Waals surface area contributed by atoms with Crippen molar-refractivity contribution in [1.29, 1.82) is 0 Å². The van der Waals surface area contributed by atoms with Crippen LogP contribution in [0, 0.1) is 6.92 Å². The lowest BCUT2D eigenvalue weighted by Gasteiger charge is -2.14. The maximum atomic E-state index is 6.11. The van der Waals surface area contributed by atoms with E-state index in [0.717, 1.165) is 5.56 Å². The molecular formula is C14H11Cl2NOS. The van der Waals surface area contributed by atoms with Crippen molar-refractivity contribution in [3.05, 3.63) is 57.6 Å². The first kappa shape index (κ1) is 14.1. The molecule has 0 saturated heterocycles. The van der Waals surface area contributed by atoms with Crippen molar-refractivity contribution in [2.45, 2.75) is 6.92 Å². The highest BCUT2D eigenvalue weighted by Gasteiger charge is 2.13. The summed E-state index contributed by atoms with van der Waals surface area (Å²) in [5, 5.41) is 0.797. The summed E-state index contributed by atoms with van der Waals surface area (Å²) in [7, 11) is 0. The van der Waals surface area contributed by atoms with Crippen LogP contribution in [0.4, 0.5) is 0 Å². The average Bonchev–Trinajstić information content (AvgIpc) is 2.36. The third-order valence-corrected chi connectivity index (χ3v) is 3.63. The lowest BCUT2D eigenvalue weighted by molar-refractivity contribution is 0.478. The molecule has 0 bridgehead atoms. The minimum Gasteiger partial charge on any atom is -0.455 e. The van der Waals surface area contributed by atoms with E-state index in [9.17, 15) is 0 Å². The average molecular weight is 312 g/mol. The normalized spacial score (nSPS) is 10.3. The van der Waals surface area contributed by atoms with Gasteiger partial charge in [0.25, 0.3) is 0 Å². The Morgan fingerprint density at radius 1 is 1.16 bits per heavy atom. The molecule has 2 aromatic carbocycles. The maximum Gasteiger partial charge on any atom is 0.147 e. The second-order valence-corrected chi connectivity index (χ2v) is 5.19. The van der Waals surface area contributed by atoms with Crippen LogP contribution >= 0.6 is 35.4 Å². The van der Waals surface area contributed by atoms with E-state index < -0.39 is 0 Å². The molecule has 2 rings (SSSR count). The Kier molecular flexibility index (Phi) is 4.30. The van der Waals surface area contributed by atoms with Crippen molar-refractivity contribution in [1.82, 2.24) is 0 Å². The minimum absolute atomic E-state index is 0.275. The van der Waals surface area contributed by atoms with Crippen LogP contribution in [-0.4, -0.2) is 4.99 Å². The number of rotatable bonds is 3. The molecule has 0 aromatic heterocycles. The molecule has 2 N–H and O–H groups in total. The van der Waals surface area contributed by atoms with Gasteiger partial charge in [0.1, 0.15) is 21.5 Å². The highest BCUT2D eigenvalue weighted by Crippen LogP contribution is 2.36. The molecule has 0 atom stereocenters. The molecule has 0 unspecified atom stereocenters. The summed E-state index contributed by atoms with van der Waals surface area (Å²) in [5.74, 6) is 1.07. The summed E-state index contributed by atoms with van der Waals surface area (Å²) < 4.78 is 5.83. The van der Waals surface area contributed by atoms with E-state index in [1.54, 1.807) is 18.2 Å². The van der Waals surface area contributed by atoms with Crippen molar-refractivity contribution >= 4 is 40.4 Å². The van der Waals surface area contributed by atoms with Crippen LogP contribution in [-0.2, 0) is 0 Å². The summed E-state index contributed by atoms with van der Waals surface area (Å²) >= 11 is 17.1. The molecule has 5 heteroatoms. The summed E-state index contributed by atoms with van der Waals surface area (Å²) in [6, 6.07) is 10.8. The number of nitrogens with two attached hydrogens (primary N) is 1. The summed E-state index contributed by atoms with van der Waals surface area (Å²) in [6.07, 6.45) is 0. The Hall–Kier alpha value is -1.29. The Morgan fingerprint density at radius 3 is 2.53 bits per heavy atom. The molecule has 98 valence electrons. The molecule has 0 fully saturated rings. The van der Waals surface area contributed by atoms with Gasteiger partial charge in [-0.2, -0.15) is 0 Å². The third kappa shape index (κ3) is 3.00. The second kappa shape index (κ2) is 5.78. The number of hydrogen-bond donors (Lipinski definition) is 1. The highest BCUT2D eigenvalue weighted by atomic mass is 35.5. The Balaban J connectivity index is 2.49. The number of aryl methyl sites for hydroxylation is 1. The monoisotopic (exact) mass is 311 g/mol. The molecule has 0 heterocycles. The molecule has 2 nitrogen and oxygen atoms in total. The number of halogens is 2. The van der Waals surface area contributed by atoms with Crippen LogP contribution in [0.1, 0.15) is 11.1 Å². The number of benzene rings is 2. The van der Waals surface area contributed by atoms with E-state index in [0.29, 0.717) is 27.1 Å². The molecule has 0 aliphatic carbocycles. The second-order valence-electron chi connectivity index (χ2n) is 3.97. The van der Waals surface area contributed by atoms with Gasteiger partial charge in [-0.1, -0.05) is 53.6 Å². The smallest absolute Gasteiger partial charge is 0.147 e. The van der Waals surface area contributed by atoms with Crippen LogP contribution in [0.25, 0.3) is 0 Å². The van der Waals surface area contributed by atoms with Gasteiger partial charge in [0.2, 0.25) is 0 Å². The number of thiocarbonyl (C=S) groups is 1. The van der Waals surface area contributed by atoms with Crippen LogP contribution < -0.4 is 10.5 Å². The van der Waals surface area contributed by atoms with Crippen LogP contribution in [0.5, 0.6) is 11.5 Å². The van der Waals surface area contributed by atoms with Gasteiger partial charge < -0.3 is 10.5 Å². The molecular weight excluding hydrogens is 301 g/mol. The predicted molar refractivity (Wildman–Crippen MR) is 83.6 cm³/mol. The van der Waals surface area contributed by atoms with Crippen LogP contribution in [0.15, 0.2) is 36.4 Å². The van der Waals surface area contributed by atoms with Crippen LogP contribution in [0.3, 0.4) is 0 Å². The number of para-hydroxylation sites is 1. The lowest BCUT2D eigenvalue weighted by Crippen LogP contribution is -2.11. The third-order valence-electron chi connectivity index (χ3n) is 2.61. The van der Waals surface area contributed by atoms with Crippen molar-refractivity contribution < 1.29 is 4.74 Å². The molecule has 2 aromatic rings. The van der Waals surface area contributed by atoms with Gasteiger partial charge >= 0.3 is 0 Å². The van der Waals surface area contributed by atoms with E-state index in [1.165, 1.54) is 0 Å². The highest BCUT2D eigenvalue weighted by molar-refractivity contribution is 7.80. The fourth-order valence-corrected chi connectivity index (χ4v) is 2.15. The summed E-state index contributed by atoms with van der Waals surface area (Å²) in [6.45, 7) is 1.91. The fourth-order valence-electron chi connectivity index (χ4n) is 1.65. The first-order valence-corrected chi connectivity index (χ1v) is 6.68. The molecule has 0 saturated carbocycles. The molecule has 0 amide bonds. The van der Waals surface area contributed by atoms with Gasteiger partial charge in [0.15, 0.2) is 0 Å². The zero-order chi connectivity index (χ0) is 14.0. The largest absolute Gasteiger partial charge is 0.455 e. The van der Waals surface area contributed by atoms with E-state index in [1.807, 2.05) is 25.1 Å². The Morgan fingerprint density at radius 2 is 1.84 bits per heavy atom. The zero-order valence-electron chi connectivity index (χ0n) is 10.1. The van der Waals surface area contributed by atoms with Gasteiger partial charge in [0.05, 0.1) is 10.6 Å². The SMILES string of the molecule is Cc1cccc(C(N)=S)c1Oc1cccc(Cl)c1Cl. The quantitative estimate of drug-likeness (QED) is 0.832. The minimum atomic E-state index is 0.275. The predicted octanol–water partition coefficient (Wildman–Crippen LogP) is 4.73. The first-order valence-electron chi connectivity index (χ1n) is 5.52. The molecule has 0 radical (unpaired) electrons. The van der Waals surface area contributed by atoms with E-state index >= 15 is 0 Å². The molecule has 0 spiro atoms. The maximum absolute atomic E-state index is 6.11. The molecule has 19 heavy (non-hydrogen) atoms. The van der Waals surface area contributed by atoms with Crippen molar-refractivity contribution in [2.24, 2.45) is 5.73 Å². The summed E-state index contributed by atoms with van der Waals surface area (Å²) in [4.78, 5) is 0.275.